The van der Waals surface area contributed by atoms with Gasteiger partial charge in [0.15, 0.2) is 0 Å². The van der Waals surface area contributed by atoms with Crippen LogP contribution in [0, 0.1) is 5.82 Å². The Morgan fingerprint density at radius 1 is 1.48 bits per heavy atom. The Hall–Kier alpha value is -2.21. The predicted molar refractivity (Wildman–Crippen MR) is 73.1 cm³/mol. The van der Waals surface area contributed by atoms with Crippen molar-refractivity contribution in [2.75, 3.05) is 6.54 Å². The number of benzene rings is 1. The minimum Gasteiger partial charge on any atom is -0.480 e. The van der Waals surface area contributed by atoms with Crippen molar-refractivity contribution >= 4 is 5.97 Å². The van der Waals surface area contributed by atoms with Gasteiger partial charge in [-0.15, -0.1) is 0 Å². The van der Waals surface area contributed by atoms with Crippen molar-refractivity contribution in [3.63, 3.8) is 0 Å². The first-order valence-corrected chi connectivity index (χ1v) is 6.77. The van der Waals surface area contributed by atoms with E-state index in [1.54, 1.807) is 25.1 Å². The monoisotopic (exact) mass is 290 g/mol. The second kappa shape index (κ2) is 5.29. The summed E-state index contributed by atoms with van der Waals surface area (Å²) in [6.07, 6.45) is 0.578. The Kier molecular flexibility index (Phi) is 3.47. The molecule has 1 N–H and O–H groups in total. The summed E-state index contributed by atoms with van der Waals surface area (Å²) in [5.74, 6) is -0.526. The summed E-state index contributed by atoms with van der Waals surface area (Å²) in [7, 11) is 0. The normalized spacial score (nSPS) is 16.5. The molecule has 21 heavy (non-hydrogen) atoms. The molecule has 5 nitrogen and oxygen atoms in total. The molecule has 0 saturated heterocycles. The molecule has 2 heterocycles. The molecular weight excluding hydrogens is 275 g/mol. The number of nitrogens with zero attached hydrogens (tertiary/aromatic N) is 2. The predicted octanol–water partition coefficient (Wildman–Crippen LogP) is 2.31. The van der Waals surface area contributed by atoms with Gasteiger partial charge in [-0.1, -0.05) is 17.3 Å². The van der Waals surface area contributed by atoms with Crippen molar-refractivity contribution in [1.29, 1.82) is 0 Å². The lowest BCUT2D eigenvalue weighted by Crippen LogP contribution is -2.41. The van der Waals surface area contributed by atoms with Crippen molar-refractivity contribution in [1.82, 2.24) is 10.1 Å². The number of aliphatic carboxylic acids is 1. The number of halogens is 1. The van der Waals surface area contributed by atoms with Crippen molar-refractivity contribution in [2.45, 2.75) is 25.9 Å². The number of hydrogen-bond donors (Lipinski definition) is 1. The van der Waals surface area contributed by atoms with Gasteiger partial charge in [0.2, 0.25) is 0 Å². The summed E-state index contributed by atoms with van der Waals surface area (Å²) < 4.78 is 19.2. The minimum absolute atomic E-state index is 0.364. The van der Waals surface area contributed by atoms with Crippen molar-refractivity contribution in [3.8, 4) is 11.3 Å². The number of fused-ring (bicyclic) bond motifs is 1. The van der Waals surface area contributed by atoms with Gasteiger partial charge in [0.05, 0.1) is 0 Å². The van der Waals surface area contributed by atoms with Crippen LogP contribution in [0.3, 0.4) is 0 Å². The SMILES string of the molecule is C[C@@H](C(=O)O)N1CCc2onc(-c3ccccc3F)c2C1. The zero-order chi connectivity index (χ0) is 15.0. The molecule has 1 aromatic heterocycles. The Bertz CT molecular complexity index is 683. The molecule has 0 spiro atoms. The molecule has 1 atom stereocenters. The third kappa shape index (κ3) is 2.42. The topological polar surface area (TPSA) is 66.6 Å². The zero-order valence-corrected chi connectivity index (χ0v) is 11.5. The molecule has 1 aromatic carbocycles. The summed E-state index contributed by atoms with van der Waals surface area (Å²) in [5, 5.41) is 13.1. The highest BCUT2D eigenvalue weighted by molar-refractivity contribution is 5.73. The molecule has 0 radical (unpaired) electrons. The lowest BCUT2D eigenvalue weighted by Gasteiger charge is -2.29. The van der Waals surface area contributed by atoms with Crippen LogP contribution < -0.4 is 0 Å². The molecule has 0 fully saturated rings. The fraction of sp³-hybridized carbons (Fsp3) is 0.333. The van der Waals surface area contributed by atoms with Gasteiger partial charge in [-0.25, -0.2) is 4.39 Å². The van der Waals surface area contributed by atoms with E-state index in [9.17, 15) is 9.18 Å². The summed E-state index contributed by atoms with van der Waals surface area (Å²) in [5.41, 5.74) is 1.62. The van der Waals surface area contributed by atoms with E-state index in [0.717, 1.165) is 5.56 Å². The first-order chi connectivity index (χ1) is 10.1. The Morgan fingerprint density at radius 2 is 2.24 bits per heavy atom. The molecule has 3 rings (SSSR count). The molecule has 1 aliphatic rings. The van der Waals surface area contributed by atoms with Crippen LogP contribution in [0.4, 0.5) is 4.39 Å². The third-order valence-corrected chi connectivity index (χ3v) is 3.89. The van der Waals surface area contributed by atoms with Gasteiger partial charge in [0, 0.05) is 30.6 Å². The fourth-order valence-electron chi connectivity index (χ4n) is 2.58. The lowest BCUT2D eigenvalue weighted by molar-refractivity contribution is -0.143. The molecule has 6 heteroatoms. The summed E-state index contributed by atoms with van der Waals surface area (Å²) in [4.78, 5) is 12.9. The highest BCUT2D eigenvalue weighted by atomic mass is 19.1. The molecule has 1 aliphatic heterocycles. The average molecular weight is 290 g/mol. The summed E-state index contributed by atoms with van der Waals surface area (Å²) in [6, 6.07) is 5.77. The van der Waals surface area contributed by atoms with E-state index in [-0.39, 0.29) is 5.82 Å². The second-order valence-corrected chi connectivity index (χ2v) is 5.15. The van der Waals surface area contributed by atoms with Crippen LogP contribution >= 0.6 is 0 Å². The largest absolute Gasteiger partial charge is 0.480 e. The Labute approximate surface area is 121 Å². The number of carbonyl (C=O) groups is 1. The van der Waals surface area contributed by atoms with Gasteiger partial charge < -0.3 is 9.63 Å². The van der Waals surface area contributed by atoms with Crippen LogP contribution in [0.2, 0.25) is 0 Å². The van der Waals surface area contributed by atoms with Gasteiger partial charge in [-0.3, -0.25) is 9.69 Å². The van der Waals surface area contributed by atoms with Gasteiger partial charge in [-0.2, -0.15) is 0 Å². The van der Waals surface area contributed by atoms with E-state index in [1.165, 1.54) is 6.07 Å². The maximum Gasteiger partial charge on any atom is 0.320 e. The summed E-state index contributed by atoms with van der Waals surface area (Å²) >= 11 is 0. The highest BCUT2D eigenvalue weighted by Gasteiger charge is 2.30. The first-order valence-electron chi connectivity index (χ1n) is 6.77. The van der Waals surface area contributed by atoms with Crippen LogP contribution in [-0.2, 0) is 17.8 Å². The third-order valence-electron chi connectivity index (χ3n) is 3.89. The number of carboxylic acid groups (broad SMARTS) is 1. The molecule has 110 valence electrons. The fourth-order valence-corrected chi connectivity index (χ4v) is 2.58. The molecule has 0 saturated carbocycles. The Balaban J connectivity index is 1.97. The second-order valence-electron chi connectivity index (χ2n) is 5.15. The molecular formula is C15H15FN2O3. The van der Waals surface area contributed by atoms with E-state index < -0.39 is 12.0 Å². The highest BCUT2D eigenvalue weighted by Crippen LogP contribution is 2.31. The van der Waals surface area contributed by atoms with Crippen molar-refractivity contribution < 1.29 is 18.8 Å². The number of rotatable bonds is 3. The van der Waals surface area contributed by atoms with Crippen LogP contribution in [0.5, 0.6) is 0 Å². The maximum atomic E-state index is 13.9. The number of carboxylic acids is 1. The number of aromatic nitrogens is 1. The van der Waals surface area contributed by atoms with Crippen LogP contribution in [0.25, 0.3) is 11.3 Å². The average Bonchev–Trinajstić information content (AvgIpc) is 2.89. The van der Waals surface area contributed by atoms with Crippen molar-refractivity contribution in [2.24, 2.45) is 0 Å². The Morgan fingerprint density at radius 3 is 2.95 bits per heavy atom. The van der Waals surface area contributed by atoms with Crippen LogP contribution in [0.15, 0.2) is 28.8 Å². The van der Waals surface area contributed by atoms with Gasteiger partial charge in [-0.05, 0) is 19.1 Å². The van der Waals surface area contributed by atoms with E-state index in [4.69, 9.17) is 9.63 Å². The van der Waals surface area contributed by atoms with Gasteiger partial charge >= 0.3 is 5.97 Å². The lowest BCUT2D eigenvalue weighted by atomic mass is 10.00. The molecule has 0 amide bonds. The van der Waals surface area contributed by atoms with E-state index in [0.29, 0.717) is 36.5 Å². The van der Waals surface area contributed by atoms with Gasteiger partial charge in [0.1, 0.15) is 23.3 Å². The first kappa shape index (κ1) is 13.8. The van der Waals surface area contributed by atoms with E-state index >= 15 is 0 Å². The quantitative estimate of drug-likeness (QED) is 0.939. The minimum atomic E-state index is -0.873. The standard InChI is InChI=1S/C15H15FN2O3/c1-9(15(19)20)18-7-6-13-11(8-18)14(17-21-13)10-4-2-3-5-12(10)16/h2-5,9H,6-8H2,1H3,(H,19,20)/t9-/m0/s1. The summed E-state index contributed by atoms with van der Waals surface area (Å²) in [6.45, 7) is 2.63. The van der Waals surface area contributed by atoms with Gasteiger partial charge in [0.25, 0.3) is 0 Å². The van der Waals surface area contributed by atoms with E-state index in [2.05, 4.69) is 5.16 Å². The molecule has 0 bridgehead atoms. The van der Waals surface area contributed by atoms with Crippen LogP contribution in [0.1, 0.15) is 18.2 Å². The molecule has 0 aliphatic carbocycles. The van der Waals surface area contributed by atoms with Crippen molar-refractivity contribution in [3.05, 3.63) is 41.4 Å². The van der Waals surface area contributed by atoms with E-state index in [1.807, 2.05) is 4.90 Å². The molecule has 2 aromatic rings. The zero-order valence-electron chi connectivity index (χ0n) is 11.5. The smallest absolute Gasteiger partial charge is 0.320 e. The molecule has 0 unspecified atom stereocenters. The number of hydrogen-bond acceptors (Lipinski definition) is 4. The van der Waals surface area contributed by atoms with Crippen LogP contribution in [-0.4, -0.2) is 33.7 Å². The maximum absolute atomic E-state index is 13.9.